The largest absolute Gasteiger partial charge is 0.493 e. The van der Waals surface area contributed by atoms with Gasteiger partial charge in [-0.2, -0.15) is 0 Å². The lowest BCUT2D eigenvalue weighted by Crippen LogP contribution is -2.28. The van der Waals surface area contributed by atoms with Crippen LogP contribution >= 0.6 is 15.9 Å². The van der Waals surface area contributed by atoms with Crippen molar-refractivity contribution >= 4 is 15.9 Å². The van der Waals surface area contributed by atoms with Crippen LogP contribution in [-0.4, -0.2) is 26.8 Å². The highest BCUT2D eigenvalue weighted by molar-refractivity contribution is 9.10. The molecule has 1 aromatic carbocycles. The number of ether oxygens (including phenoxy) is 2. The Hall–Kier alpha value is -0.740. The summed E-state index contributed by atoms with van der Waals surface area (Å²) >= 11 is 3.71. The summed E-state index contributed by atoms with van der Waals surface area (Å²) < 4.78 is 12.6. The molecule has 1 aliphatic heterocycles. The minimum absolute atomic E-state index is 0.560. The van der Waals surface area contributed by atoms with Gasteiger partial charge in [-0.1, -0.05) is 15.9 Å². The molecule has 1 atom stereocenters. The molecule has 1 N–H and O–H groups in total. The Kier molecular flexibility index (Phi) is 4.51. The fourth-order valence-electron chi connectivity index (χ4n) is 2.75. The van der Waals surface area contributed by atoms with Gasteiger partial charge in [-0.3, -0.25) is 0 Å². The Labute approximate surface area is 129 Å². The molecule has 1 saturated carbocycles. The Morgan fingerprint density at radius 3 is 2.75 bits per heavy atom. The van der Waals surface area contributed by atoms with Crippen molar-refractivity contribution in [1.82, 2.24) is 5.32 Å². The molecule has 1 heterocycles. The van der Waals surface area contributed by atoms with E-state index in [4.69, 9.17) is 9.47 Å². The zero-order valence-corrected chi connectivity index (χ0v) is 13.5. The normalized spacial score (nSPS) is 22.6. The van der Waals surface area contributed by atoms with E-state index in [-0.39, 0.29) is 0 Å². The first-order valence-corrected chi connectivity index (χ1v) is 8.28. The summed E-state index contributed by atoms with van der Waals surface area (Å²) in [5, 5.41) is 3.47. The van der Waals surface area contributed by atoms with Gasteiger partial charge in [-0.25, -0.2) is 0 Å². The van der Waals surface area contributed by atoms with Gasteiger partial charge in [-0.05, 0) is 61.8 Å². The van der Waals surface area contributed by atoms with Gasteiger partial charge in [0.1, 0.15) is 0 Å². The van der Waals surface area contributed by atoms with E-state index in [0.29, 0.717) is 5.92 Å². The number of rotatable bonds is 5. The molecule has 2 aliphatic rings. The van der Waals surface area contributed by atoms with Crippen molar-refractivity contribution in [2.24, 2.45) is 5.92 Å². The predicted octanol–water partition coefficient (Wildman–Crippen LogP) is 3.71. The zero-order chi connectivity index (χ0) is 13.9. The Balaban J connectivity index is 1.79. The minimum Gasteiger partial charge on any atom is -0.493 e. The van der Waals surface area contributed by atoms with Gasteiger partial charge in [-0.15, -0.1) is 0 Å². The van der Waals surface area contributed by atoms with Crippen molar-refractivity contribution < 1.29 is 9.47 Å². The fraction of sp³-hybridized carbons (Fsp3) is 0.625. The van der Waals surface area contributed by atoms with Crippen LogP contribution in [0.1, 0.15) is 37.2 Å². The van der Waals surface area contributed by atoms with Crippen LogP contribution in [-0.2, 0) is 0 Å². The molecule has 3 nitrogen and oxygen atoms in total. The minimum atomic E-state index is 0.560. The van der Waals surface area contributed by atoms with Crippen molar-refractivity contribution in [3.05, 3.63) is 22.2 Å². The van der Waals surface area contributed by atoms with E-state index in [2.05, 4.69) is 33.4 Å². The molecule has 0 aromatic heterocycles. The maximum absolute atomic E-state index is 5.90. The molecular formula is C16H22BrNO2. The summed E-state index contributed by atoms with van der Waals surface area (Å²) in [6, 6.07) is 4.22. The van der Waals surface area contributed by atoms with Gasteiger partial charge in [0, 0.05) is 11.0 Å². The predicted molar refractivity (Wildman–Crippen MR) is 83.8 cm³/mol. The lowest BCUT2D eigenvalue weighted by molar-refractivity contribution is 0.280. The second-order valence-corrected chi connectivity index (χ2v) is 6.68. The van der Waals surface area contributed by atoms with Gasteiger partial charge >= 0.3 is 0 Å². The average molecular weight is 340 g/mol. The number of benzene rings is 1. The summed E-state index contributed by atoms with van der Waals surface area (Å²) in [5.41, 5.74) is 1.33. The number of hydrogen-bond acceptors (Lipinski definition) is 3. The molecule has 0 bridgehead atoms. The lowest BCUT2D eigenvalue weighted by atomic mass is 9.91. The topological polar surface area (TPSA) is 30.5 Å². The third-order valence-corrected chi connectivity index (χ3v) is 4.88. The third kappa shape index (κ3) is 3.29. The van der Waals surface area contributed by atoms with Crippen molar-refractivity contribution in [2.75, 3.05) is 26.8 Å². The van der Waals surface area contributed by atoms with E-state index in [1.807, 2.05) is 0 Å². The number of piperidine rings is 1. The monoisotopic (exact) mass is 339 g/mol. The molecule has 2 fully saturated rings. The fourth-order valence-corrected chi connectivity index (χ4v) is 3.39. The molecule has 1 unspecified atom stereocenters. The molecule has 3 rings (SSSR count). The highest BCUT2D eigenvalue weighted by Gasteiger charge is 2.24. The Morgan fingerprint density at radius 1 is 1.25 bits per heavy atom. The highest BCUT2D eigenvalue weighted by atomic mass is 79.9. The number of halogens is 1. The second-order valence-electron chi connectivity index (χ2n) is 5.82. The highest BCUT2D eigenvalue weighted by Crippen LogP contribution is 2.39. The van der Waals surface area contributed by atoms with Crippen molar-refractivity contribution in [3.63, 3.8) is 0 Å². The van der Waals surface area contributed by atoms with Gasteiger partial charge in [0.2, 0.25) is 0 Å². The molecule has 1 aromatic rings. The van der Waals surface area contributed by atoms with Gasteiger partial charge in [0.05, 0.1) is 13.7 Å². The smallest absolute Gasteiger partial charge is 0.162 e. The van der Waals surface area contributed by atoms with Gasteiger partial charge < -0.3 is 14.8 Å². The first-order chi connectivity index (χ1) is 9.78. The molecule has 0 radical (unpaired) electrons. The number of nitrogens with one attached hydrogen (secondary N) is 1. The van der Waals surface area contributed by atoms with Gasteiger partial charge in [0.25, 0.3) is 0 Å². The average Bonchev–Trinajstić information content (AvgIpc) is 3.30. The molecule has 4 heteroatoms. The Bertz CT molecular complexity index is 468. The summed E-state index contributed by atoms with van der Waals surface area (Å²) in [6.45, 7) is 2.99. The van der Waals surface area contributed by atoms with Crippen LogP contribution in [0.3, 0.4) is 0 Å². The summed E-state index contributed by atoms with van der Waals surface area (Å²) in [4.78, 5) is 0. The maximum atomic E-state index is 5.90. The Morgan fingerprint density at radius 2 is 2.10 bits per heavy atom. The molecule has 20 heavy (non-hydrogen) atoms. The number of methoxy groups -OCH3 is 1. The molecule has 0 amide bonds. The van der Waals surface area contributed by atoms with E-state index >= 15 is 0 Å². The molecule has 110 valence electrons. The van der Waals surface area contributed by atoms with Crippen LogP contribution in [0.4, 0.5) is 0 Å². The molecule has 1 aliphatic carbocycles. The van der Waals surface area contributed by atoms with E-state index in [9.17, 15) is 0 Å². The van der Waals surface area contributed by atoms with E-state index in [0.717, 1.165) is 41.6 Å². The summed E-state index contributed by atoms with van der Waals surface area (Å²) in [7, 11) is 1.72. The van der Waals surface area contributed by atoms with Crippen LogP contribution in [0.2, 0.25) is 0 Å². The van der Waals surface area contributed by atoms with Gasteiger partial charge in [0.15, 0.2) is 11.5 Å². The molecule has 1 saturated heterocycles. The quantitative estimate of drug-likeness (QED) is 0.886. The first kappa shape index (κ1) is 14.2. The van der Waals surface area contributed by atoms with E-state index < -0.39 is 0 Å². The molecular weight excluding hydrogens is 318 g/mol. The second kappa shape index (κ2) is 6.35. The summed E-state index contributed by atoms with van der Waals surface area (Å²) in [6.07, 6.45) is 5.07. The summed E-state index contributed by atoms with van der Waals surface area (Å²) in [5.74, 6) is 3.03. The van der Waals surface area contributed by atoms with Crippen molar-refractivity contribution in [2.45, 2.75) is 31.6 Å². The van der Waals surface area contributed by atoms with Crippen molar-refractivity contribution in [1.29, 1.82) is 0 Å². The van der Waals surface area contributed by atoms with Crippen LogP contribution in [0.5, 0.6) is 11.5 Å². The van der Waals surface area contributed by atoms with Crippen molar-refractivity contribution in [3.8, 4) is 11.5 Å². The standard InChI is InChI=1S/C16H22BrNO2/c1-19-15-7-13(12-3-2-6-18-9-12)14(17)8-16(15)20-10-11-4-5-11/h7-8,11-12,18H,2-6,9-10H2,1H3. The molecule has 0 spiro atoms. The third-order valence-electron chi connectivity index (χ3n) is 4.19. The van der Waals surface area contributed by atoms with E-state index in [1.165, 1.54) is 31.2 Å². The zero-order valence-electron chi connectivity index (χ0n) is 12.0. The first-order valence-electron chi connectivity index (χ1n) is 7.49. The number of hydrogen-bond donors (Lipinski definition) is 1. The van der Waals surface area contributed by atoms with Crippen LogP contribution in [0, 0.1) is 5.92 Å². The SMILES string of the molecule is COc1cc(C2CCCNC2)c(Br)cc1OCC1CC1. The van der Waals surface area contributed by atoms with Crippen LogP contribution < -0.4 is 14.8 Å². The van der Waals surface area contributed by atoms with Crippen LogP contribution in [0.25, 0.3) is 0 Å². The maximum Gasteiger partial charge on any atom is 0.162 e. The van der Waals surface area contributed by atoms with E-state index in [1.54, 1.807) is 7.11 Å². The van der Waals surface area contributed by atoms with Crippen LogP contribution in [0.15, 0.2) is 16.6 Å². The lowest BCUT2D eigenvalue weighted by Gasteiger charge is -2.25.